The van der Waals surface area contributed by atoms with Crippen molar-refractivity contribution in [3.8, 4) is 0 Å². The summed E-state index contributed by atoms with van der Waals surface area (Å²) in [5.41, 5.74) is 1.34. The van der Waals surface area contributed by atoms with Gasteiger partial charge in [-0.15, -0.1) is 0 Å². The zero-order chi connectivity index (χ0) is 14.3. The van der Waals surface area contributed by atoms with Gasteiger partial charge in [0.2, 0.25) is 10.0 Å². The van der Waals surface area contributed by atoms with Crippen molar-refractivity contribution in [2.75, 3.05) is 6.26 Å². The number of para-hydroxylation sites is 1. The van der Waals surface area contributed by atoms with Gasteiger partial charge in [0.25, 0.3) is 0 Å². The molecule has 0 saturated carbocycles. The Labute approximate surface area is 121 Å². The minimum Gasteiger partial charge on any atom is -0.348 e. The lowest BCUT2D eigenvalue weighted by molar-refractivity contribution is 0.595. The van der Waals surface area contributed by atoms with Crippen molar-refractivity contribution in [2.24, 2.45) is 0 Å². The molecule has 0 spiro atoms. The summed E-state index contributed by atoms with van der Waals surface area (Å²) in [6.07, 6.45) is 4.97. The van der Waals surface area contributed by atoms with Gasteiger partial charge in [-0.3, -0.25) is 0 Å². The zero-order valence-electron chi connectivity index (χ0n) is 10.7. The van der Waals surface area contributed by atoms with Crippen molar-refractivity contribution in [2.45, 2.75) is 6.42 Å². The predicted molar refractivity (Wildman–Crippen MR) is 78.6 cm³/mol. The standard InChI is InChI=1S/C13H12ClN3O2S/c1-20(18,19)17-11-5-3-2-4-9(11)10(13(17)14)8-12-15-6-7-16-12/h2-7H,8H2,1H3,(H,15,16). The number of hydrogen-bond donors (Lipinski definition) is 1. The number of hydrogen-bond acceptors (Lipinski definition) is 3. The van der Waals surface area contributed by atoms with Crippen molar-refractivity contribution in [3.05, 3.63) is 53.2 Å². The van der Waals surface area contributed by atoms with E-state index in [1.807, 2.05) is 12.1 Å². The lowest BCUT2D eigenvalue weighted by Crippen LogP contribution is -2.09. The predicted octanol–water partition coefficient (Wildman–Crippen LogP) is 2.42. The van der Waals surface area contributed by atoms with Crippen LogP contribution in [0.15, 0.2) is 36.7 Å². The van der Waals surface area contributed by atoms with Crippen LogP contribution < -0.4 is 0 Å². The Morgan fingerprint density at radius 2 is 2.10 bits per heavy atom. The molecule has 0 aliphatic rings. The number of H-pyrrole nitrogens is 1. The van der Waals surface area contributed by atoms with Crippen LogP contribution in [-0.4, -0.2) is 28.6 Å². The molecule has 0 unspecified atom stereocenters. The van der Waals surface area contributed by atoms with Gasteiger partial charge in [0, 0.05) is 29.8 Å². The highest BCUT2D eigenvalue weighted by atomic mass is 35.5. The fourth-order valence-electron chi connectivity index (χ4n) is 2.30. The molecule has 2 aromatic heterocycles. The molecule has 5 nitrogen and oxygen atoms in total. The van der Waals surface area contributed by atoms with Crippen molar-refractivity contribution in [1.82, 2.24) is 13.9 Å². The third-order valence-corrected chi connectivity index (χ3v) is 4.65. The number of rotatable bonds is 3. The van der Waals surface area contributed by atoms with Crippen LogP contribution in [0.25, 0.3) is 10.9 Å². The van der Waals surface area contributed by atoms with E-state index in [1.165, 1.54) is 3.97 Å². The highest BCUT2D eigenvalue weighted by molar-refractivity contribution is 7.89. The van der Waals surface area contributed by atoms with E-state index in [0.717, 1.165) is 23.0 Å². The van der Waals surface area contributed by atoms with Crippen LogP contribution in [0.2, 0.25) is 5.15 Å². The van der Waals surface area contributed by atoms with Gasteiger partial charge in [0.05, 0.1) is 11.8 Å². The molecule has 2 heterocycles. The number of nitrogens with one attached hydrogen (secondary N) is 1. The summed E-state index contributed by atoms with van der Waals surface area (Å²) in [6, 6.07) is 7.25. The third-order valence-electron chi connectivity index (χ3n) is 3.11. The first-order chi connectivity index (χ1) is 9.48. The Balaban J connectivity index is 2.30. The average molecular weight is 310 g/mol. The molecule has 20 heavy (non-hydrogen) atoms. The van der Waals surface area contributed by atoms with Crippen LogP contribution in [0.1, 0.15) is 11.4 Å². The Bertz CT molecular complexity index is 867. The monoisotopic (exact) mass is 309 g/mol. The summed E-state index contributed by atoms with van der Waals surface area (Å²) in [6.45, 7) is 0. The summed E-state index contributed by atoms with van der Waals surface area (Å²) in [4.78, 5) is 7.16. The van der Waals surface area contributed by atoms with Gasteiger partial charge >= 0.3 is 0 Å². The van der Waals surface area contributed by atoms with Gasteiger partial charge in [-0.1, -0.05) is 29.8 Å². The zero-order valence-corrected chi connectivity index (χ0v) is 12.2. The molecule has 3 aromatic rings. The number of aromatic nitrogens is 3. The number of nitrogens with zero attached hydrogens (tertiary/aromatic N) is 2. The topological polar surface area (TPSA) is 67.8 Å². The van der Waals surface area contributed by atoms with E-state index in [2.05, 4.69) is 9.97 Å². The van der Waals surface area contributed by atoms with E-state index in [9.17, 15) is 8.42 Å². The smallest absolute Gasteiger partial charge is 0.237 e. The number of fused-ring (bicyclic) bond motifs is 1. The van der Waals surface area contributed by atoms with Gasteiger partial charge in [0.1, 0.15) is 11.0 Å². The molecule has 0 saturated heterocycles. The van der Waals surface area contributed by atoms with Gasteiger partial charge in [-0.2, -0.15) is 0 Å². The minimum absolute atomic E-state index is 0.213. The largest absolute Gasteiger partial charge is 0.348 e. The number of halogens is 1. The van der Waals surface area contributed by atoms with Crippen molar-refractivity contribution in [1.29, 1.82) is 0 Å². The first-order valence-corrected chi connectivity index (χ1v) is 8.17. The SMILES string of the molecule is CS(=O)(=O)n1c(Cl)c(Cc2ncc[nH]2)c2ccccc21. The van der Waals surface area contributed by atoms with E-state index in [1.54, 1.807) is 24.5 Å². The number of imidazole rings is 1. The highest BCUT2D eigenvalue weighted by Gasteiger charge is 2.21. The molecule has 7 heteroatoms. The maximum atomic E-state index is 11.9. The average Bonchev–Trinajstić information content (AvgIpc) is 2.96. The van der Waals surface area contributed by atoms with E-state index in [4.69, 9.17) is 11.6 Å². The molecule has 3 rings (SSSR count). The van der Waals surface area contributed by atoms with Gasteiger partial charge in [-0.25, -0.2) is 17.4 Å². The van der Waals surface area contributed by atoms with Gasteiger partial charge in [-0.05, 0) is 6.07 Å². The lowest BCUT2D eigenvalue weighted by atomic mass is 10.1. The Kier molecular flexibility index (Phi) is 3.07. The first-order valence-electron chi connectivity index (χ1n) is 5.95. The summed E-state index contributed by atoms with van der Waals surface area (Å²) >= 11 is 6.30. The molecule has 1 N–H and O–H groups in total. The Hall–Kier alpha value is -1.79. The normalized spacial score (nSPS) is 12.1. The maximum absolute atomic E-state index is 11.9. The van der Waals surface area contributed by atoms with Crippen molar-refractivity contribution in [3.63, 3.8) is 0 Å². The van der Waals surface area contributed by atoms with E-state index >= 15 is 0 Å². The van der Waals surface area contributed by atoms with Crippen LogP contribution in [0.5, 0.6) is 0 Å². The van der Waals surface area contributed by atoms with E-state index in [-0.39, 0.29) is 5.15 Å². The summed E-state index contributed by atoms with van der Waals surface area (Å²) in [7, 11) is -3.46. The fourth-order valence-corrected chi connectivity index (χ4v) is 3.85. The molecule has 104 valence electrons. The molecular formula is C13H12ClN3O2S. The summed E-state index contributed by atoms with van der Waals surface area (Å²) in [5, 5.41) is 1.03. The maximum Gasteiger partial charge on any atom is 0.237 e. The Morgan fingerprint density at radius 3 is 2.75 bits per heavy atom. The van der Waals surface area contributed by atoms with Gasteiger partial charge < -0.3 is 4.98 Å². The molecule has 0 radical (unpaired) electrons. The quantitative estimate of drug-likeness (QED) is 0.808. The number of aromatic amines is 1. The van der Waals surface area contributed by atoms with Crippen LogP contribution in [-0.2, 0) is 16.4 Å². The molecule has 0 atom stereocenters. The molecular weight excluding hydrogens is 298 g/mol. The van der Waals surface area contributed by atoms with Crippen molar-refractivity contribution >= 4 is 32.5 Å². The van der Waals surface area contributed by atoms with E-state index in [0.29, 0.717) is 11.9 Å². The summed E-state index contributed by atoms with van der Waals surface area (Å²) in [5.74, 6) is 0.739. The van der Waals surface area contributed by atoms with Crippen LogP contribution in [0, 0.1) is 0 Å². The lowest BCUT2D eigenvalue weighted by Gasteiger charge is -2.03. The Morgan fingerprint density at radius 1 is 1.35 bits per heavy atom. The van der Waals surface area contributed by atoms with Crippen LogP contribution >= 0.6 is 11.6 Å². The second-order valence-electron chi connectivity index (χ2n) is 4.53. The number of benzene rings is 1. The molecule has 1 aromatic carbocycles. The van der Waals surface area contributed by atoms with Gasteiger partial charge in [0.15, 0.2) is 0 Å². The van der Waals surface area contributed by atoms with E-state index < -0.39 is 10.0 Å². The third kappa shape index (κ3) is 2.10. The molecule has 0 amide bonds. The summed E-state index contributed by atoms with van der Waals surface area (Å²) < 4.78 is 25.0. The highest BCUT2D eigenvalue weighted by Crippen LogP contribution is 2.32. The van der Waals surface area contributed by atoms with Crippen LogP contribution in [0.3, 0.4) is 0 Å². The second kappa shape index (κ2) is 4.64. The van der Waals surface area contributed by atoms with Crippen LogP contribution in [0.4, 0.5) is 0 Å². The first kappa shape index (κ1) is 13.2. The molecule has 0 bridgehead atoms. The fraction of sp³-hybridized carbons (Fsp3) is 0.154. The minimum atomic E-state index is -3.46. The molecule has 0 aliphatic carbocycles. The second-order valence-corrected chi connectivity index (χ2v) is 6.72. The van der Waals surface area contributed by atoms with Crippen molar-refractivity contribution < 1.29 is 8.42 Å². The molecule has 0 aliphatic heterocycles. The molecule has 0 fully saturated rings.